The van der Waals surface area contributed by atoms with Crippen LogP contribution in [-0.2, 0) is 0 Å². The molecule has 4 heteroatoms. The van der Waals surface area contributed by atoms with Gasteiger partial charge >= 0.3 is 0 Å². The molecule has 0 aliphatic carbocycles. The van der Waals surface area contributed by atoms with Crippen LogP contribution in [-0.4, -0.2) is 16.4 Å². The van der Waals surface area contributed by atoms with Gasteiger partial charge in [0.05, 0.1) is 33.5 Å². The van der Waals surface area contributed by atoms with Crippen molar-refractivity contribution in [2.75, 3.05) is 4.90 Å². The van der Waals surface area contributed by atoms with E-state index in [-0.39, 0.29) is 11.8 Å². The third-order valence-electron chi connectivity index (χ3n) is 8.42. The van der Waals surface area contributed by atoms with Crippen molar-refractivity contribution in [3.8, 4) is 27.9 Å². The zero-order valence-electron chi connectivity index (χ0n) is 23.5. The summed E-state index contributed by atoms with van der Waals surface area (Å²) in [5.74, 6) is -0.633. The standard InChI is InChI=1S/C39H26N2O2/c1-25-18-20-26(21-19-25)28-22-23-31-30-13-6-8-16-34(30)40(36(31)24-28)35-17-9-14-32-37(35)39(43)41(38(32)42)33-15-7-5-12-29(33)27-10-3-2-4-11-27/h2-24H,1H3. The van der Waals surface area contributed by atoms with Crippen LogP contribution < -0.4 is 4.90 Å². The first kappa shape index (κ1) is 25.0. The van der Waals surface area contributed by atoms with Gasteiger partial charge in [-0.25, -0.2) is 4.90 Å². The molecule has 0 saturated carbocycles. The van der Waals surface area contributed by atoms with E-state index < -0.39 is 0 Å². The largest absolute Gasteiger partial charge is 0.308 e. The number of amides is 2. The smallest absolute Gasteiger partial charge is 0.268 e. The third kappa shape index (κ3) is 3.84. The van der Waals surface area contributed by atoms with Crippen LogP contribution in [0.1, 0.15) is 26.3 Å². The molecule has 1 aliphatic rings. The summed E-state index contributed by atoms with van der Waals surface area (Å²) < 4.78 is 2.14. The molecule has 6 aromatic carbocycles. The first-order chi connectivity index (χ1) is 21.1. The maximum Gasteiger partial charge on any atom is 0.268 e. The molecule has 0 spiro atoms. The summed E-state index contributed by atoms with van der Waals surface area (Å²) in [4.78, 5) is 29.7. The van der Waals surface area contributed by atoms with Crippen molar-refractivity contribution < 1.29 is 9.59 Å². The number of rotatable bonds is 4. The van der Waals surface area contributed by atoms with Gasteiger partial charge < -0.3 is 4.57 Å². The first-order valence-corrected chi connectivity index (χ1v) is 14.4. The number of aromatic nitrogens is 1. The lowest BCUT2D eigenvalue weighted by Gasteiger charge is -2.18. The fraction of sp³-hybridized carbons (Fsp3) is 0.0256. The van der Waals surface area contributed by atoms with Crippen LogP contribution in [0, 0.1) is 6.92 Å². The van der Waals surface area contributed by atoms with E-state index in [1.165, 1.54) is 10.5 Å². The van der Waals surface area contributed by atoms with E-state index in [0.717, 1.165) is 44.1 Å². The quantitative estimate of drug-likeness (QED) is 0.204. The number of hydrogen-bond acceptors (Lipinski definition) is 2. The second kappa shape index (κ2) is 9.68. The van der Waals surface area contributed by atoms with E-state index in [2.05, 4.69) is 66.1 Å². The Morgan fingerprint density at radius 1 is 0.465 bits per heavy atom. The zero-order valence-corrected chi connectivity index (χ0v) is 23.5. The number of nitrogens with zero attached hydrogens (tertiary/aromatic N) is 2. The van der Waals surface area contributed by atoms with Gasteiger partial charge in [-0.3, -0.25) is 9.59 Å². The maximum absolute atomic E-state index is 14.4. The van der Waals surface area contributed by atoms with E-state index in [1.807, 2.05) is 78.9 Å². The third-order valence-corrected chi connectivity index (χ3v) is 8.42. The van der Waals surface area contributed by atoms with Gasteiger partial charge in [-0.05, 0) is 53.9 Å². The van der Waals surface area contributed by atoms with Gasteiger partial charge in [0.2, 0.25) is 0 Å². The van der Waals surface area contributed by atoms with E-state index >= 15 is 0 Å². The van der Waals surface area contributed by atoms with Gasteiger partial charge in [0.1, 0.15) is 0 Å². The average Bonchev–Trinajstić information content (AvgIpc) is 3.52. The lowest BCUT2D eigenvalue weighted by molar-refractivity contribution is 0.0926. The molecular weight excluding hydrogens is 528 g/mol. The number of imide groups is 1. The Hall–Kier alpha value is -5.74. The molecule has 1 aromatic heterocycles. The second-order valence-corrected chi connectivity index (χ2v) is 11.0. The van der Waals surface area contributed by atoms with Crippen LogP contribution in [0.4, 0.5) is 5.69 Å². The van der Waals surface area contributed by atoms with Crippen LogP contribution in [0.15, 0.2) is 140 Å². The van der Waals surface area contributed by atoms with Crippen LogP contribution in [0.2, 0.25) is 0 Å². The molecule has 43 heavy (non-hydrogen) atoms. The van der Waals surface area contributed by atoms with Crippen molar-refractivity contribution in [1.82, 2.24) is 4.57 Å². The predicted octanol–water partition coefficient (Wildman–Crippen LogP) is 9.23. The minimum absolute atomic E-state index is 0.314. The highest BCUT2D eigenvalue weighted by Crippen LogP contribution is 2.41. The molecule has 4 nitrogen and oxygen atoms in total. The average molecular weight is 555 g/mol. The van der Waals surface area contributed by atoms with Crippen LogP contribution in [0.5, 0.6) is 0 Å². The summed E-state index contributed by atoms with van der Waals surface area (Å²) in [5.41, 5.74) is 9.26. The van der Waals surface area contributed by atoms with Crippen molar-refractivity contribution >= 4 is 39.3 Å². The Labute approximate surface area is 249 Å². The molecule has 0 saturated heterocycles. The Morgan fingerprint density at radius 3 is 1.95 bits per heavy atom. The second-order valence-electron chi connectivity index (χ2n) is 11.0. The fourth-order valence-electron chi connectivity index (χ4n) is 6.36. The summed E-state index contributed by atoms with van der Waals surface area (Å²) in [6, 6.07) is 46.2. The molecule has 2 heterocycles. The summed E-state index contributed by atoms with van der Waals surface area (Å²) in [7, 11) is 0. The molecule has 0 N–H and O–H groups in total. The van der Waals surface area contributed by atoms with Crippen molar-refractivity contribution in [1.29, 1.82) is 0 Å². The molecule has 8 rings (SSSR count). The van der Waals surface area contributed by atoms with Crippen LogP contribution in [0.25, 0.3) is 49.7 Å². The number of para-hydroxylation sites is 2. The number of hydrogen-bond donors (Lipinski definition) is 0. The molecule has 1 aliphatic heterocycles. The highest BCUT2D eigenvalue weighted by Gasteiger charge is 2.40. The Bertz CT molecular complexity index is 2230. The lowest BCUT2D eigenvalue weighted by atomic mass is 10.0. The Morgan fingerprint density at radius 2 is 1.12 bits per heavy atom. The van der Waals surface area contributed by atoms with E-state index in [9.17, 15) is 9.59 Å². The summed E-state index contributed by atoms with van der Waals surface area (Å²) in [5, 5.41) is 2.18. The molecule has 204 valence electrons. The number of anilines is 1. The molecule has 0 radical (unpaired) electrons. The van der Waals surface area contributed by atoms with Crippen LogP contribution >= 0.6 is 0 Å². The molecule has 0 bridgehead atoms. The Kier molecular flexibility index (Phi) is 5.63. The highest BCUT2D eigenvalue weighted by molar-refractivity contribution is 6.36. The molecule has 0 atom stereocenters. The fourth-order valence-corrected chi connectivity index (χ4v) is 6.36. The normalized spacial score (nSPS) is 12.8. The monoisotopic (exact) mass is 554 g/mol. The number of carbonyl (C=O) groups excluding carboxylic acids is 2. The van der Waals surface area contributed by atoms with Gasteiger partial charge in [0.25, 0.3) is 11.8 Å². The Balaban J connectivity index is 1.35. The van der Waals surface area contributed by atoms with E-state index in [4.69, 9.17) is 0 Å². The number of fused-ring (bicyclic) bond motifs is 4. The predicted molar refractivity (Wildman–Crippen MR) is 174 cm³/mol. The van der Waals surface area contributed by atoms with E-state index in [1.54, 1.807) is 6.07 Å². The first-order valence-electron chi connectivity index (χ1n) is 14.4. The van der Waals surface area contributed by atoms with Crippen molar-refractivity contribution in [3.63, 3.8) is 0 Å². The summed E-state index contributed by atoms with van der Waals surface area (Å²) in [6.45, 7) is 2.08. The summed E-state index contributed by atoms with van der Waals surface area (Å²) in [6.07, 6.45) is 0. The lowest BCUT2D eigenvalue weighted by Crippen LogP contribution is -2.30. The van der Waals surface area contributed by atoms with Crippen molar-refractivity contribution in [3.05, 3.63) is 156 Å². The minimum atomic E-state index is -0.320. The van der Waals surface area contributed by atoms with Gasteiger partial charge in [-0.1, -0.05) is 115 Å². The molecule has 0 unspecified atom stereocenters. The molecule has 7 aromatic rings. The van der Waals surface area contributed by atoms with Crippen molar-refractivity contribution in [2.45, 2.75) is 6.92 Å². The number of carbonyl (C=O) groups is 2. The SMILES string of the molecule is Cc1ccc(-c2ccc3c4ccccc4n(-c4cccc5c4C(=O)N(c4ccccc4-c4ccccc4)C5=O)c3c2)cc1. The zero-order chi connectivity index (χ0) is 29.1. The maximum atomic E-state index is 14.4. The van der Waals surface area contributed by atoms with Gasteiger partial charge in [0.15, 0.2) is 0 Å². The van der Waals surface area contributed by atoms with Gasteiger partial charge in [-0.15, -0.1) is 0 Å². The minimum Gasteiger partial charge on any atom is -0.308 e. The van der Waals surface area contributed by atoms with Gasteiger partial charge in [-0.2, -0.15) is 0 Å². The topological polar surface area (TPSA) is 42.3 Å². The van der Waals surface area contributed by atoms with Gasteiger partial charge in [0, 0.05) is 16.3 Å². The molecule has 0 fully saturated rings. The number of benzene rings is 6. The van der Waals surface area contributed by atoms with Crippen molar-refractivity contribution in [2.24, 2.45) is 0 Å². The molecular formula is C39H26N2O2. The van der Waals surface area contributed by atoms with Crippen LogP contribution in [0.3, 0.4) is 0 Å². The number of aryl methyl sites for hydroxylation is 1. The summed E-state index contributed by atoms with van der Waals surface area (Å²) >= 11 is 0. The molecule has 2 amide bonds. The highest BCUT2D eigenvalue weighted by atomic mass is 16.2. The van der Waals surface area contributed by atoms with E-state index in [0.29, 0.717) is 22.5 Å².